The molecule has 1 aromatic heterocycles. The molecular weight excluding hydrogens is 350 g/mol. The monoisotopic (exact) mass is 367 g/mol. The highest BCUT2D eigenvalue weighted by atomic mass is 35.5. The van der Waals surface area contributed by atoms with E-state index in [0.717, 1.165) is 16.9 Å². The lowest BCUT2D eigenvalue weighted by Crippen LogP contribution is -1.94. The lowest BCUT2D eigenvalue weighted by atomic mass is 10.1. The number of aromatic nitrogens is 2. The molecule has 0 saturated carbocycles. The Morgan fingerprint density at radius 1 is 1.19 bits per heavy atom. The zero-order valence-electron chi connectivity index (χ0n) is 14.4. The van der Waals surface area contributed by atoms with Crippen LogP contribution in [0.3, 0.4) is 0 Å². The number of nitrogens with zero attached hydrogens (tertiary/aromatic N) is 3. The summed E-state index contributed by atoms with van der Waals surface area (Å²) < 4.78 is 1.77. The van der Waals surface area contributed by atoms with Crippen molar-refractivity contribution in [1.29, 1.82) is 5.26 Å². The first-order chi connectivity index (χ1) is 12.6. The van der Waals surface area contributed by atoms with E-state index in [0.29, 0.717) is 22.7 Å². The van der Waals surface area contributed by atoms with Crippen LogP contribution in [0.5, 0.6) is 0 Å². The standard InChI is InChI=1S/C11H12ClN3.C8H6N2O/c1-13-9-5-3-4-8(6-9)11-10(12)7-14-15(11)2;9-5-7-1-3-8(4-2-7)10-6-11/h3-7,13H,1-2H3;1-4,6H,(H,10,11). The molecular formula is C19H18ClN5O. The number of halogens is 1. The number of amides is 1. The van der Waals surface area contributed by atoms with Crippen LogP contribution in [0.4, 0.5) is 11.4 Å². The molecule has 6 nitrogen and oxygen atoms in total. The molecule has 3 aromatic rings. The maximum Gasteiger partial charge on any atom is 0.211 e. The third kappa shape index (κ3) is 4.85. The predicted molar refractivity (Wildman–Crippen MR) is 104 cm³/mol. The van der Waals surface area contributed by atoms with Crippen LogP contribution in [0.15, 0.2) is 54.7 Å². The molecule has 2 N–H and O–H groups in total. The SMILES string of the molecule is CNc1cccc(-c2c(Cl)cnn2C)c1.N#Cc1ccc(NC=O)cc1. The van der Waals surface area contributed by atoms with Gasteiger partial charge in [-0.2, -0.15) is 10.4 Å². The molecule has 26 heavy (non-hydrogen) atoms. The van der Waals surface area contributed by atoms with Crippen molar-refractivity contribution in [2.45, 2.75) is 0 Å². The lowest BCUT2D eigenvalue weighted by Gasteiger charge is -2.05. The van der Waals surface area contributed by atoms with Gasteiger partial charge in [0.25, 0.3) is 0 Å². The molecule has 0 spiro atoms. The molecule has 0 aliphatic rings. The van der Waals surface area contributed by atoms with Crippen LogP contribution in [-0.2, 0) is 11.8 Å². The Morgan fingerprint density at radius 2 is 1.92 bits per heavy atom. The summed E-state index contributed by atoms with van der Waals surface area (Å²) in [5.74, 6) is 0. The van der Waals surface area contributed by atoms with Gasteiger partial charge in [-0.3, -0.25) is 9.48 Å². The summed E-state index contributed by atoms with van der Waals surface area (Å²) in [5.41, 5.74) is 4.34. The van der Waals surface area contributed by atoms with Crippen LogP contribution in [0.25, 0.3) is 11.3 Å². The first-order valence-electron chi connectivity index (χ1n) is 7.75. The number of nitriles is 1. The van der Waals surface area contributed by atoms with Crippen molar-refractivity contribution in [3.63, 3.8) is 0 Å². The van der Waals surface area contributed by atoms with Crippen molar-refractivity contribution in [3.8, 4) is 17.3 Å². The van der Waals surface area contributed by atoms with Crippen molar-refractivity contribution in [3.05, 3.63) is 65.3 Å². The zero-order chi connectivity index (χ0) is 18.9. The number of benzene rings is 2. The number of aryl methyl sites for hydroxylation is 1. The molecule has 0 unspecified atom stereocenters. The summed E-state index contributed by atoms with van der Waals surface area (Å²) in [6.45, 7) is 0. The molecule has 0 atom stereocenters. The first kappa shape index (κ1) is 19.0. The highest BCUT2D eigenvalue weighted by Crippen LogP contribution is 2.28. The minimum absolute atomic E-state index is 0.585. The van der Waals surface area contributed by atoms with Gasteiger partial charge in [0.15, 0.2) is 0 Å². The summed E-state index contributed by atoms with van der Waals surface area (Å²) in [7, 11) is 3.78. The highest BCUT2D eigenvalue weighted by Gasteiger charge is 2.08. The molecule has 1 amide bonds. The van der Waals surface area contributed by atoms with Crippen LogP contribution < -0.4 is 10.6 Å². The minimum Gasteiger partial charge on any atom is -0.388 e. The second-order valence-electron chi connectivity index (χ2n) is 5.25. The number of anilines is 2. The number of nitrogens with one attached hydrogen (secondary N) is 2. The van der Waals surface area contributed by atoms with Crippen molar-refractivity contribution in [1.82, 2.24) is 9.78 Å². The molecule has 0 fully saturated rings. The average molecular weight is 368 g/mol. The van der Waals surface area contributed by atoms with Gasteiger partial charge in [-0.05, 0) is 36.4 Å². The van der Waals surface area contributed by atoms with Gasteiger partial charge < -0.3 is 10.6 Å². The van der Waals surface area contributed by atoms with Crippen LogP contribution in [0.1, 0.15) is 5.56 Å². The summed E-state index contributed by atoms with van der Waals surface area (Å²) in [6.07, 6.45) is 2.25. The maximum absolute atomic E-state index is 9.95. The molecule has 0 bridgehead atoms. The molecule has 3 rings (SSSR count). The Hall–Kier alpha value is -3.30. The molecule has 0 saturated heterocycles. The third-order valence-corrected chi connectivity index (χ3v) is 3.83. The fraction of sp³-hybridized carbons (Fsp3) is 0.105. The first-order valence-corrected chi connectivity index (χ1v) is 8.13. The van der Waals surface area contributed by atoms with Crippen LogP contribution >= 0.6 is 11.6 Å². The van der Waals surface area contributed by atoms with E-state index in [-0.39, 0.29) is 0 Å². The minimum atomic E-state index is 0.585. The van der Waals surface area contributed by atoms with Crippen molar-refractivity contribution < 1.29 is 4.79 Å². The van der Waals surface area contributed by atoms with E-state index >= 15 is 0 Å². The second-order valence-corrected chi connectivity index (χ2v) is 5.65. The van der Waals surface area contributed by atoms with Gasteiger partial charge in [0.1, 0.15) is 0 Å². The molecule has 0 aliphatic heterocycles. The number of carbonyl (C=O) groups excluding carboxylic acids is 1. The Labute approximate surface area is 157 Å². The van der Waals surface area contributed by atoms with E-state index in [2.05, 4.69) is 15.7 Å². The fourth-order valence-corrected chi connectivity index (χ4v) is 2.54. The number of hydrogen-bond donors (Lipinski definition) is 2. The number of hydrogen-bond acceptors (Lipinski definition) is 4. The largest absolute Gasteiger partial charge is 0.388 e. The van der Waals surface area contributed by atoms with Crippen LogP contribution in [0.2, 0.25) is 5.02 Å². The average Bonchev–Trinajstić information content (AvgIpc) is 3.01. The van der Waals surface area contributed by atoms with Gasteiger partial charge >= 0.3 is 0 Å². The Morgan fingerprint density at radius 3 is 2.46 bits per heavy atom. The zero-order valence-corrected chi connectivity index (χ0v) is 15.2. The quantitative estimate of drug-likeness (QED) is 0.685. The molecule has 132 valence electrons. The highest BCUT2D eigenvalue weighted by molar-refractivity contribution is 6.33. The summed E-state index contributed by atoms with van der Waals surface area (Å²) in [6, 6.07) is 16.7. The lowest BCUT2D eigenvalue weighted by molar-refractivity contribution is -0.105. The van der Waals surface area contributed by atoms with Crippen LogP contribution in [-0.4, -0.2) is 23.2 Å². The Bertz CT molecular complexity index is 893. The van der Waals surface area contributed by atoms with Crippen molar-refractivity contribution >= 4 is 29.4 Å². The molecule has 0 radical (unpaired) electrons. The van der Waals surface area contributed by atoms with E-state index in [1.54, 1.807) is 35.1 Å². The molecule has 7 heteroatoms. The van der Waals surface area contributed by atoms with E-state index in [9.17, 15) is 4.79 Å². The van der Waals surface area contributed by atoms with Gasteiger partial charge in [-0.25, -0.2) is 0 Å². The van der Waals surface area contributed by atoms with Crippen molar-refractivity contribution in [2.24, 2.45) is 7.05 Å². The summed E-state index contributed by atoms with van der Waals surface area (Å²) >= 11 is 6.07. The third-order valence-electron chi connectivity index (χ3n) is 3.56. The molecule has 1 heterocycles. The molecule has 2 aromatic carbocycles. The van der Waals surface area contributed by atoms with Gasteiger partial charge in [-0.15, -0.1) is 0 Å². The number of carbonyl (C=O) groups is 1. The van der Waals surface area contributed by atoms with E-state index in [1.165, 1.54) is 0 Å². The van der Waals surface area contributed by atoms with E-state index in [1.807, 2.05) is 44.4 Å². The topological polar surface area (TPSA) is 82.7 Å². The fourth-order valence-electron chi connectivity index (χ4n) is 2.27. The van der Waals surface area contributed by atoms with Gasteiger partial charge in [0, 0.05) is 31.0 Å². The second kappa shape index (κ2) is 9.25. The van der Waals surface area contributed by atoms with Crippen molar-refractivity contribution in [2.75, 3.05) is 17.7 Å². The van der Waals surface area contributed by atoms with E-state index < -0.39 is 0 Å². The maximum atomic E-state index is 9.95. The summed E-state index contributed by atoms with van der Waals surface area (Å²) in [5, 5.41) is 18.8. The number of rotatable bonds is 4. The van der Waals surface area contributed by atoms with Crippen LogP contribution in [0, 0.1) is 11.3 Å². The Kier molecular flexibility index (Phi) is 6.77. The predicted octanol–water partition coefficient (Wildman–Crippen LogP) is 3.91. The smallest absolute Gasteiger partial charge is 0.211 e. The normalized spacial score (nSPS) is 9.46. The van der Waals surface area contributed by atoms with Gasteiger partial charge in [-0.1, -0.05) is 23.7 Å². The van der Waals surface area contributed by atoms with E-state index in [4.69, 9.17) is 16.9 Å². The van der Waals surface area contributed by atoms with Gasteiger partial charge in [0.05, 0.1) is 28.5 Å². The summed E-state index contributed by atoms with van der Waals surface area (Å²) in [4.78, 5) is 9.95. The Balaban J connectivity index is 0.000000197. The van der Waals surface area contributed by atoms with Gasteiger partial charge in [0.2, 0.25) is 6.41 Å². The molecule has 0 aliphatic carbocycles.